The standard InChI is InChI=1S/C19H26NO3/c1-4-20(2)10-9-19-8-7-14(21)11-16(19)23-18-15(22-3)6-5-13(12-20)17(18)19/h5-8,14,16,21H,4,9-12H2,1-3H3/q+1/t14-,16-,19+,20?/m1/s1. The normalized spacial score (nSPS) is 37.6. The molecule has 124 valence electrons. The van der Waals surface area contributed by atoms with Crippen molar-refractivity contribution in [3.05, 3.63) is 35.4 Å². The Morgan fingerprint density at radius 1 is 1.43 bits per heavy atom. The zero-order valence-corrected chi connectivity index (χ0v) is 14.2. The molecule has 1 spiro atoms. The van der Waals surface area contributed by atoms with Crippen LogP contribution in [-0.4, -0.2) is 49.0 Å². The van der Waals surface area contributed by atoms with Gasteiger partial charge in [0.25, 0.3) is 0 Å². The molecule has 1 N–H and O–H groups in total. The van der Waals surface area contributed by atoms with Gasteiger partial charge in [-0.25, -0.2) is 0 Å². The lowest BCUT2D eigenvalue weighted by atomic mass is 9.69. The molecular weight excluding hydrogens is 290 g/mol. The molecule has 1 aliphatic carbocycles. The predicted octanol–water partition coefficient (Wildman–Crippen LogP) is 2.39. The maximum atomic E-state index is 10.1. The number of hydrogen-bond acceptors (Lipinski definition) is 3. The van der Waals surface area contributed by atoms with Gasteiger partial charge in [0.1, 0.15) is 12.6 Å². The van der Waals surface area contributed by atoms with E-state index < -0.39 is 6.10 Å². The zero-order chi connectivity index (χ0) is 16.2. The van der Waals surface area contributed by atoms with Gasteiger partial charge in [-0.2, -0.15) is 0 Å². The van der Waals surface area contributed by atoms with Crippen molar-refractivity contribution in [3.63, 3.8) is 0 Å². The average Bonchev–Trinajstić information content (AvgIpc) is 2.81. The lowest BCUT2D eigenvalue weighted by Crippen LogP contribution is -2.46. The van der Waals surface area contributed by atoms with E-state index in [9.17, 15) is 5.11 Å². The minimum Gasteiger partial charge on any atom is -0.493 e. The highest BCUT2D eigenvalue weighted by Gasteiger charge is 2.54. The molecule has 4 heteroatoms. The molecule has 4 rings (SSSR count). The molecule has 1 aromatic carbocycles. The summed E-state index contributed by atoms with van der Waals surface area (Å²) >= 11 is 0. The summed E-state index contributed by atoms with van der Waals surface area (Å²) in [5.41, 5.74) is 2.57. The maximum Gasteiger partial charge on any atom is 0.166 e. The number of ether oxygens (including phenoxy) is 2. The van der Waals surface area contributed by atoms with Crippen LogP contribution >= 0.6 is 0 Å². The molecule has 4 nitrogen and oxygen atoms in total. The van der Waals surface area contributed by atoms with E-state index in [1.54, 1.807) is 7.11 Å². The number of nitrogens with zero attached hydrogens (tertiary/aromatic N) is 1. The molecule has 1 aromatic rings. The lowest BCUT2D eigenvalue weighted by molar-refractivity contribution is -0.920. The number of rotatable bonds is 2. The van der Waals surface area contributed by atoms with Gasteiger partial charge in [-0.05, 0) is 19.1 Å². The van der Waals surface area contributed by atoms with Gasteiger partial charge in [-0.3, -0.25) is 0 Å². The molecule has 0 amide bonds. The third-order valence-electron chi connectivity index (χ3n) is 6.18. The highest BCUT2D eigenvalue weighted by atomic mass is 16.5. The van der Waals surface area contributed by atoms with Gasteiger partial charge >= 0.3 is 0 Å². The Bertz CT molecular complexity index is 671. The van der Waals surface area contributed by atoms with E-state index in [0.29, 0.717) is 6.42 Å². The van der Waals surface area contributed by atoms with Crippen LogP contribution in [0.25, 0.3) is 0 Å². The second-order valence-corrected chi connectivity index (χ2v) is 7.51. The van der Waals surface area contributed by atoms with Gasteiger partial charge in [0.2, 0.25) is 0 Å². The molecule has 1 unspecified atom stereocenters. The fourth-order valence-electron chi connectivity index (χ4n) is 4.55. The SMILES string of the molecule is CC[N+]1(C)CC[C@@]23C=C[C@@H](O)C[C@H]2Oc2c(OC)ccc(c23)C1. The van der Waals surface area contributed by atoms with Crippen LogP contribution in [0.3, 0.4) is 0 Å². The van der Waals surface area contributed by atoms with E-state index in [1.165, 1.54) is 11.1 Å². The van der Waals surface area contributed by atoms with Crippen molar-refractivity contribution in [2.75, 3.05) is 27.2 Å². The van der Waals surface area contributed by atoms with Gasteiger partial charge < -0.3 is 19.1 Å². The van der Waals surface area contributed by atoms with E-state index >= 15 is 0 Å². The van der Waals surface area contributed by atoms with Gasteiger partial charge in [0, 0.05) is 24.0 Å². The summed E-state index contributed by atoms with van der Waals surface area (Å²) in [6, 6.07) is 4.24. The van der Waals surface area contributed by atoms with Gasteiger partial charge in [-0.1, -0.05) is 12.2 Å². The molecule has 2 aliphatic heterocycles. The first-order valence-electron chi connectivity index (χ1n) is 8.59. The number of aliphatic hydroxyl groups excluding tert-OH is 1. The summed E-state index contributed by atoms with van der Waals surface area (Å²) in [7, 11) is 4.04. The predicted molar refractivity (Wildman–Crippen MR) is 88.8 cm³/mol. The van der Waals surface area contributed by atoms with Crippen LogP contribution in [0.5, 0.6) is 11.5 Å². The van der Waals surface area contributed by atoms with E-state index in [2.05, 4.69) is 26.1 Å². The molecule has 23 heavy (non-hydrogen) atoms. The van der Waals surface area contributed by atoms with E-state index in [-0.39, 0.29) is 11.5 Å². The topological polar surface area (TPSA) is 38.7 Å². The van der Waals surface area contributed by atoms with Crippen LogP contribution in [0.1, 0.15) is 30.9 Å². The fourth-order valence-corrected chi connectivity index (χ4v) is 4.55. The molecule has 0 bridgehead atoms. The molecule has 2 heterocycles. The number of hydrogen-bond donors (Lipinski definition) is 1. The van der Waals surface area contributed by atoms with Crippen LogP contribution in [0, 0.1) is 0 Å². The second-order valence-electron chi connectivity index (χ2n) is 7.51. The third-order valence-corrected chi connectivity index (χ3v) is 6.18. The van der Waals surface area contributed by atoms with Crippen molar-refractivity contribution in [3.8, 4) is 11.5 Å². The Morgan fingerprint density at radius 3 is 3.00 bits per heavy atom. The van der Waals surface area contributed by atoms with Crippen molar-refractivity contribution in [2.24, 2.45) is 0 Å². The maximum absolute atomic E-state index is 10.1. The van der Waals surface area contributed by atoms with Crippen molar-refractivity contribution in [2.45, 2.75) is 43.9 Å². The number of quaternary nitrogens is 1. The van der Waals surface area contributed by atoms with Crippen molar-refractivity contribution in [1.82, 2.24) is 0 Å². The molecule has 0 saturated carbocycles. The Balaban J connectivity index is 1.94. The van der Waals surface area contributed by atoms with Crippen molar-refractivity contribution in [1.29, 1.82) is 0 Å². The molecular formula is C19H26NO3+. The summed E-state index contributed by atoms with van der Waals surface area (Å²) in [5.74, 6) is 1.71. The van der Waals surface area contributed by atoms with E-state index in [0.717, 1.165) is 42.0 Å². The summed E-state index contributed by atoms with van der Waals surface area (Å²) in [4.78, 5) is 0. The minimum atomic E-state index is -0.412. The highest BCUT2D eigenvalue weighted by Crippen LogP contribution is 2.56. The Labute approximate surface area is 137 Å². The summed E-state index contributed by atoms with van der Waals surface area (Å²) in [6.07, 6.45) is 5.48. The first-order valence-corrected chi connectivity index (χ1v) is 8.59. The third kappa shape index (κ3) is 2.05. The van der Waals surface area contributed by atoms with Crippen LogP contribution in [0.4, 0.5) is 0 Å². The lowest BCUT2D eigenvalue weighted by Gasteiger charge is -2.37. The summed E-state index contributed by atoms with van der Waals surface area (Å²) in [6.45, 7) is 5.53. The van der Waals surface area contributed by atoms with Crippen LogP contribution in [-0.2, 0) is 12.0 Å². The molecule has 4 atom stereocenters. The van der Waals surface area contributed by atoms with Crippen LogP contribution < -0.4 is 9.47 Å². The molecule has 3 aliphatic rings. The summed E-state index contributed by atoms with van der Waals surface area (Å²) in [5, 5.41) is 10.1. The van der Waals surface area contributed by atoms with Crippen LogP contribution in [0.2, 0.25) is 0 Å². The van der Waals surface area contributed by atoms with Gasteiger partial charge in [-0.15, -0.1) is 0 Å². The molecule has 0 aromatic heterocycles. The smallest absolute Gasteiger partial charge is 0.166 e. The van der Waals surface area contributed by atoms with Crippen molar-refractivity contribution < 1.29 is 19.1 Å². The largest absolute Gasteiger partial charge is 0.493 e. The van der Waals surface area contributed by atoms with E-state index in [1.807, 2.05) is 12.1 Å². The Kier molecular flexibility index (Phi) is 3.26. The first kappa shape index (κ1) is 15.0. The van der Waals surface area contributed by atoms with Gasteiger partial charge in [0.15, 0.2) is 11.5 Å². The molecule has 0 fully saturated rings. The fraction of sp³-hybridized carbons (Fsp3) is 0.579. The number of benzene rings is 1. The number of aliphatic hydroxyl groups is 1. The second kappa shape index (κ2) is 4.99. The van der Waals surface area contributed by atoms with Crippen molar-refractivity contribution >= 4 is 0 Å². The Morgan fingerprint density at radius 2 is 2.26 bits per heavy atom. The Hall–Kier alpha value is -1.52. The monoisotopic (exact) mass is 316 g/mol. The quantitative estimate of drug-likeness (QED) is 0.672. The molecule has 0 radical (unpaired) electrons. The van der Waals surface area contributed by atoms with Crippen LogP contribution in [0.15, 0.2) is 24.3 Å². The average molecular weight is 316 g/mol. The summed E-state index contributed by atoms with van der Waals surface area (Å²) < 4.78 is 12.9. The highest BCUT2D eigenvalue weighted by molar-refractivity contribution is 5.60. The molecule has 0 saturated heterocycles. The first-order chi connectivity index (χ1) is 11.0. The minimum absolute atomic E-state index is 0.0101. The zero-order valence-electron chi connectivity index (χ0n) is 14.2. The van der Waals surface area contributed by atoms with Gasteiger partial charge in [0.05, 0.1) is 38.8 Å². The number of methoxy groups -OCH3 is 1. The van der Waals surface area contributed by atoms with E-state index in [4.69, 9.17) is 9.47 Å².